The summed E-state index contributed by atoms with van der Waals surface area (Å²) in [6.45, 7) is 3.82. The second-order valence-corrected chi connectivity index (χ2v) is 5.21. The highest BCUT2D eigenvalue weighted by atomic mass is 16.4. The number of aryl methyl sites for hydroxylation is 1. The second-order valence-electron chi connectivity index (χ2n) is 5.21. The third-order valence-corrected chi connectivity index (χ3v) is 3.60. The number of hydrogen-bond donors (Lipinski definition) is 1. The molecular weight excluding hydrogens is 212 g/mol. The molecule has 0 unspecified atom stereocenters. The Labute approximate surface area is 104 Å². The van der Waals surface area contributed by atoms with Crippen LogP contribution in [0, 0.1) is 12.8 Å². The molecule has 0 bridgehead atoms. The molecule has 2 rings (SSSR count). The van der Waals surface area contributed by atoms with Gasteiger partial charge in [0, 0.05) is 0 Å². The Morgan fingerprint density at radius 2 is 1.94 bits per heavy atom. The van der Waals surface area contributed by atoms with E-state index in [9.17, 15) is 0 Å². The van der Waals surface area contributed by atoms with Gasteiger partial charge in [0.25, 0.3) is 0 Å². The summed E-state index contributed by atoms with van der Waals surface area (Å²) < 4.78 is 5.44. The summed E-state index contributed by atoms with van der Waals surface area (Å²) in [6.07, 6.45) is 11.7. The smallest absolute Gasteiger partial charge is 0.208 e. The first-order chi connectivity index (χ1) is 8.34. The van der Waals surface area contributed by atoms with Crippen LogP contribution in [0.1, 0.15) is 56.6 Å². The van der Waals surface area contributed by atoms with E-state index in [1.165, 1.54) is 44.9 Å². The van der Waals surface area contributed by atoms with Crippen molar-refractivity contribution in [1.82, 2.24) is 10.3 Å². The van der Waals surface area contributed by atoms with Gasteiger partial charge in [-0.1, -0.05) is 32.1 Å². The number of rotatable bonds is 4. The molecule has 17 heavy (non-hydrogen) atoms. The van der Waals surface area contributed by atoms with E-state index in [1.807, 2.05) is 6.92 Å². The zero-order chi connectivity index (χ0) is 11.9. The number of nitrogens with one attached hydrogen (secondary N) is 1. The Bertz CT molecular complexity index is 314. The molecule has 1 aromatic rings. The lowest BCUT2D eigenvalue weighted by Gasteiger charge is -2.19. The quantitative estimate of drug-likeness (QED) is 0.870. The van der Waals surface area contributed by atoms with Crippen molar-refractivity contribution in [3.63, 3.8) is 0 Å². The van der Waals surface area contributed by atoms with Gasteiger partial charge in [-0.2, -0.15) is 0 Å². The molecule has 0 amide bonds. The zero-order valence-electron chi connectivity index (χ0n) is 10.9. The molecule has 1 N–H and O–H groups in total. The first-order valence-electron chi connectivity index (χ1n) is 6.96. The van der Waals surface area contributed by atoms with Crippen LogP contribution in [0.25, 0.3) is 0 Å². The van der Waals surface area contributed by atoms with Gasteiger partial charge in [0.05, 0.1) is 12.7 Å². The summed E-state index contributed by atoms with van der Waals surface area (Å²) >= 11 is 0. The molecular formula is C14H24N2O. The molecule has 0 aliphatic heterocycles. The second kappa shape index (κ2) is 6.80. The third kappa shape index (κ3) is 4.50. The van der Waals surface area contributed by atoms with Gasteiger partial charge in [0.1, 0.15) is 5.76 Å². The largest absolute Gasteiger partial charge is 0.445 e. The highest BCUT2D eigenvalue weighted by molar-refractivity contribution is 4.90. The van der Waals surface area contributed by atoms with Crippen LogP contribution in [-0.2, 0) is 6.54 Å². The fourth-order valence-electron chi connectivity index (χ4n) is 2.61. The molecule has 0 atom stereocenters. The normalized spacial score (nSPS) is 18.9. The lowest BCUT2D eigenvalue weighted by molar-refractivity contribution is 0.351. The highest BCUT2D eigenvalue weighted by Crippen LogP contribution is 2.21. The Morgan fingerprint density at radius 1 is 1.24 bits per heavy atom. The Balaban J connectivity index is 1.66. The van der Waals surface area contributed by atoms with Crippen LogP contribution in [0.5, 0.6) is 0 Å². The predicted octanol–water partition coefficient (Wildman–Crippen LogP) is 3.43. The maximum absolute atomic E-state index is 5.44. The molecule has 0 radical (unpaired) electrons. The van der Waals surface area contributed by atoms with E-state index in [0.29, 0.717) is 0 Å². The standard InChI is InChI=1S/C14H24N2O/c1-12-9-16-14(17-12)11-15-10-13-7-5-3-2-4-6-8-13/h9,13,15H,2-8,10-11H2,1H3. The number of hydrogen-bond acceptors (Lipinski definition) is 3. The molecule has 0 saturated heterocycles. The summed E-state index contributed by atoms with van der Waals surface area (Å²) in [5.41, 5.74) is 0. The number of aromatic nitrogens is 1. The maximum Gasteiger partial charge on any atom is 0.208 e. The minimum Gasteiger partial charge on any atom is -0.445 e. The summed E-state index contributed by atoms with van der Waals surface area (Å²) in [4.78, 5) is 4.20. The Morgan fingerprint density at radius 3 is 2.59 bits per heavy atom. The SMILES string of the molecule is Cc1cnc(CNCC2CCCCCCC2)o1. The molecule has 3 nitrogen and oxygen atoms in total. The molecule has 0 spiro atoms. The van der Waals surface area contributed by atoms with E-state index >= 15 is 0 Å². The van der Waals surface area contributed by atoms with Crippen LogP contribution >= 0.6 is 0 Å². The van der Waals surface area contributed by atoms with E-state index in [4.69, 9.17) is 4.42 Å². The van der Waals surface area contributed by atoms with Crippen molar-refractivity contribution in [2.24, 2.45) is 5.92 Å². The van der Waals surface area contributed by atoms with Crippen molar-refractivity contribution >= 4 is 0 Å². The highest BCUT2D eigenvalue weighted by Gasteiger charge is 2.11. The Kier molecular flexibility index (Phi) is 5.05. The van der Waals surface area contributed by atoms with Crippen molar-refractivity contribution < 1.29 is 4.42 Å². The third-order valence-electron chi connectivity index (χ3n) is 3.60. The van der Waals surface area contributed by atoms with Crippen LogP contribution < -0.4 is 5.32 Å². The lowest BCUT2D eigenvalue weighted by atomic mass is 9.91. The first kappa shape index (κ1) is 12.6. The van der Waals surface area contributed by atoms with Crippen LogP contribution in [0.2, 0.25) is 0 Å². The van der Waals surface area contributed by atoms with Gasteiger partial charge in [0.15, 0.2) is 0 Å². The van der Waals surface area contributed by atoms with E-state index in [-0.39, 0.29) is 0 Å². The van der Waals surface area contributed by atoms with Gasteiger partial charge in [-0.3, -0.25) is 0 Å². The van der Waals surface area contributed by atoms with Gasteiger partial charge in [-0.05, 0) is 32.2 Å². The number of nitrogens with zero attached hydrogens (tertiary/aromatic N) is 1. The van der Waals surface area contributed by atoms with Crippen molar-refractivity contribution in [2.75, 3.05) is 6.54 Å². The Hall–Kier alpha value is -0.830. The minimum absolute atomic E-state index is 0.768. The van der Waals surface area contributed by atoms with Crippen LogP contribution in [-0.4, -0.2) is 11.5 Å². The molecule has 3 heteroatoms. The van der Waals surface area contributed by atoms with Crippen molar-refractivity contribution in [1.29, 1.82) is 0 Å². The summed E-state index contributed by atoms with van der Waals surface area (Å²) in [5, 5.41) is 3.48. The van der Waals surface area contributed by atoms with E-state index in [2.05, 4.69) is 10.3 Å². The zero-order valence-corrected chi connectivity index (χ0v) is 10.9. The predicted molar refractivity (Wildman–Crippen MR) is 68.8 cm³/mol. The van der Waals surface area contributed by atoms with Crippen LogP contribution in [0.4, 0.5) is 0 Å². The van der Waals surface area contributed by atoms with Crippen LogP contribution in [0.15, 0.2) is 10.6 Å². The fourth-order valence-corrected chi connectivity index (χ4v) is 2.61. The summed E-state index contributed by atoms with van der Waals surface area (Å²) in [5.74, 6) is 2.56. The van der Waals surface area contributed by atoms with Gasteiger partial charge < -0.3 is 9.73 Å². The van der Waals surface area contributed by atoms with E-state index < -0.39 is 0 Å². The molecule has 1 saturated carbocycles. The van der Waals surface area contributed by atoms with Crippen molar-refractivity contribution in [2.45, 2.75) is 58.4 Å². The van der Waals surface area contributed by atoms with Gasteiger partial charge in [0.2, 0.25) is 5.89 Å². The molecule has 96 valence electrons. The van der Waals surface area contributed by atoms with Crippen LogP contribution in [0.3, 0.4) is 0 Å². The first-order valence-corrected chi connectivity index (χ1v) is 6.96. The van der Waals surface area contributed by atoms with E-state index in [0.717, 1.165) is 30.7 Å². The van der Waals surface area contributed by atoms with Gasteiger partial charge in [-0.15, -0.1) is 0 Å². The lowest BCUT2D eigenvalue weighted by Crippen LogP contribution is -2.23. The summed E-state index contributed by atoms with van der Waals surface area (Å²) in [7, 11) is 0. The topological polar surface area (TPSA) is 38.1 Å². The van der Waals surface area contributed by atoms with Gasteiger partial charge >= 0.3 is 0 Å². The van der Waals surface area contributed by atoms with Crippen molar-refractivity contribution in [3.05, 3.63) is 17.8 Å². The fraction of sp³-hybridized carbons (Fsp3) is 0.786. The maximum atomic E-state index is 5.44. The minimum atomic E-state index is 0.768. The van der Waals surface area contributed by atoms with Gasteiger partial charge in [-0.25, -0.2) is 4.98 Å². The average Bonchev–Trinajstić information content (AvgIpc) is 2.67. The molecule has 1 fully saturated rings. The number of oxazole rings is 1. The molecule has 0 aromatic carbocycles. The molecule has 1 heterocycles. The monoisotopic (exact) mass is 236 g/mol. The molecule has 1 aliphatic rings. The summed E-state index contributed by atoms with van der Waals surface area (Å²) in [6, 6.07) is 0. The molecule has 1 aliphatic carbocycles. The molecule has 1 aromatic heterocycles. The van der Waals surface area contributed by atoms with Crippen molar-refractivity contribution in [3.8, 4) is 0 Å². The van der Waals surface area contributed by atoms with E-state index in [1.54, 1.807) is 6.20 Å². The average molecular weight is 236 g/mol.